The van der Waals surface area contributed by atoms with Gasteiger partial charge in [0.1, 0.15) is 0 Å². The Labute approximate surface area is 75.9 Å². The molecule has 1 aliphatic heterocycles. The van der Waals surface area contributed by atoms with Crippen molar-refractivity contribution in [2.45, 2.75) is 18.1 Å². The molecular formula is C6H10ClNO3S. The van der Waals surface area contributed by atoms with Crippen LogP contribution in [0.15, 0.2) is 0 Å². The van der Waals surface area contributed by atoms with Gasteiger partial charge < -0.3 is 4.90 Å². The molecule has 1 aliphatic rings. The van der Waals surface area contributed by atoms with Crippen molar-refractivity contribution in [2.75, 3.05) is 13.1 Å². The molecule has 0 bridgehead atoms. The summed E-state index contributed by atoms with van der Waals surface area (Å²) in [4.78, 5) is 11.8. The largest absolute Gasteiger partial charge is 0.345 e. The molecule has 1 heterocycles. The Bertz CT molecular complexity index is 256. The van der Waals surface area contributed by atoms with Crippen molar-refractivity contribution in [1.82, 2.24) is 4.90 Å². The van der Waals surface area contributed by atoms with Crippen molar-refractivity contribution >= 4 is 26.1 Å². The van der Waals surface area contributed by atoms with Crippen LogP contribution in [0.1, 0.15) is 12.8 Å². The molecular weight excluding hydrogens is 202 g/mol. The fourth-order valence-corrected chi connectivity index (χ4v) is 2.57. The standard InChI is InChI=1S/C6H10ClNO3S/c7-12(10,11)6-1-3-8(5-9)4-2-6/h5-6H,1-4H2. The first-order valence-electron chi connectivity index (χ1n) is 3.67. The third-order valence-corrected chi connectivity index (χ3v) is 4.05. The Balaban J connectivity index is 2.52. The molecule has 0 atom stereocenters. The molecule has 0 aliphatic carbocycles. The maximum absolute atomic E-state index is 10.8. The summed E-state index contributed by atoms with van der Waals surface area (Å²) in [6.07, 6.45) is 1.63. The number of likely N-dealkylation sites (tertiary alicyclic amines) is 1. The lowest BCUT2D eigenvalue weighted by molar-refractivity contribution is -0.118. The number of piperidine rings is 1. The van der Waals surface area contributed by atoms with Gasteiger partial charge in [-0.15, -0.1) is 0 Å². The van der Waals surface area contributed by atoms with Crippen molar-refractivity contribution < 1.29 is 13.2 Å². The van der Waals surface area contributed by atoms with Crippen molar-refractivity contribution in [3.63, 3.8) is 0 Å². The molecule has 0 aromatic carbocycles. The zero-order chi connectivity index (χ0) is 9.19. The van der Waals surface area contributed by atoms with Gasteiger partial charge >= 0.3 is 0 Å². The second-order valence-corrected chi connectivity index (χ2v) is 5.72. The van der Waals surface area contributed by atoms with Gasteiger partial charge in [0, 0.05) is 23.8 Å². The Kier molecular flexibility index (Phi) is 2.95. The minimum atomic E-state index is -3.43. The van der Waals surface area contributed by atoms with Gasteiger partial charge in [0.05, 0.1) is 5.25 Å². The average Bonchev–Trinajstić information content (AvgIpc) is 2.03. The molecule has 0 unspecified atom stereocenters. The second-order valence-electron chi connectivity index (χ2n) is 2.82. The van der Waals surface area contributed by atoms with Crippen molar-refractivity contribution in [3.8, 4) is 0 Å². The zero-order valence-electron chi connectivity index (χ0n) is 6.44. The Morgan fingerprint density at radius 1 is 1.33 bits per heavy atom. The maximum atomic E-state index is 10.8. The minimum Gasteiger partial charge on any atom is -0.345 e. The summed E-state index contributed by atoms with van der Waals surface area (Å²) in [7, 11) is 1.74. The summed E-state index contributed by atoms with van der Waals surface area (Å²) in [5, 5.41) is -0.477. The first-order chi connectivity index (χ1) is 5.54. The molecule has 1 fully saturated rings. The number of rotatable bonds is 2. The molecule has 12 heavy (non-hydrogen) atoms. The molecule has 6 heteroatoms. The van der Waals surface area contributed by atoms with Gasteiger partial charge in [0.25, 0.3) is 0 Å². The van der Waals surface area contributed by atoms with Crippen molar-refractivity contribution in [3.05, 3.63) is 0 Å². The Morgan fingerprint density at radius 3 is 2.17 bits per heavy atom. The molecule has 4 nitrogen and oxygen atoms in total. The molecule has 70 valence electrons. The number of hydrogen-bond donors (Lipinski definition) is 0. The first kappa shape index (κ1) is 9.80. The van der Waals surface area contributed by atoms with Crippen LogP contribution in [-0.4, -0.2) is 38.1 Å². The van der Waals surface area contributed by atoms with Gasteiger partial charge in [-0.2, -0.15) is 0 Å². The molecule has 0 radical (unpaired) electrons. The van der Waals surface area contributed by atoms with Gasteiger partial charge in [-0.3, -0.25) is 4.79 Å². The molecule has 0 saturated carbocycles. The van der Waals surface area contributed by atoms with Crippen LogP contribution < -0.4 is 0 Å². The predicted octanol–water partition coefficient (Wildman–Crippen LogP) is 0.176. The Morgan fingerprint density at radius 2 is 1.83 bits per heavy atom. The van der Waals surface area contributed by atoms with Crippen LogP contribution >= 0.6 is 10.7 Å². The summed E-state index contributed by atoms with van der Waals surface area (Å²) in [6.45, 7) is 0.972. The topological polar surface area (TPSA) is 54.5 Å². The van der Waals surface area contributed by atoms with Crippen molar-refractivity contribution in [1.29, 1.82) is 0 Å². The molecule has 1 amide bonds. The maximum Gasteiger partial charge on any atom is 0.235 e. The normalized spacial score (nSPS) is 20.9. The summed E-state index contributed by atoms with van der Waals surface area (Å²) >= 11 is 0. The first-order valence-corrected chi connectivity index (χ1v) is 6.04. The van der Waals surface area contributed by atoms with Gasteiger partial charge in [-0.25, -0.2) is 8.42 Å². The zero-order valence-corrected chi connectivity index (χ0v) is 8.01. The molecule has 1 rings (SSSR count). The van der Waals surface area contributed by atoms with E-state index in [0.29, 0.717) is 25.9 Å². The molecule has 1 saturated heterocycles. The van der Waals surface area contributed by atoms with E-state index in [1.807, 2.05) is 0 Å². The highest BCUT2D eigenvalue weighted by atomic mass is 35.7. The van der Waals surface area contributed by atoms with E-state index in [9.17, 15) is 13.2 Å². The van der Waals surface area contributed by atoms with E-state index in [0.717, 1.165) is 6.41 Å². The van der Waals surface area contributed by atoms with Crippen LogP contribution in [-0.2, 0) is 13.8 Å². The number of halogens is 1. The highest BCUT2D eigenvalue weighted by Crippen LogP contribution is 2.19. The van der Waals surface area contributed by atoms with Crippen LogP contribution in [0.4, 0.5) is 0 Å². The van der Waals surface area contributed by atoms with E-state index < -0.39 is 14.3 Å². The SMILES string of the molecule is O=CN1CCC(S(=O)(=O)Cl)CC1. The average molecular weight is 212 g/mol. The summed E-state index contributed by atoms with van der Waals surface area (Å²) in [5.74, 6) is 0. The highest BCUT2D eigenvalue weighted by Gasteiger charge is 2.27. The lowest BCUT2D eigenvalue weighted by atomic mass is 10.1. The van der Waals surface area contributed by atoms with Gasteiger partial charge in [0.2, 0.25) is 15.5 Å². The van der Waals surface area contributed by atoms with Gasteiger partial charge in [-0.1, -0.05) is 0 Å². The summed E-state index contributed by atoms with van der Waals surface area (Å²) in [6, 6.07) is 0. The predicted molar refractivity (Wildman–Crippen MR) is 45.4 cm³/mol. The number of carbonyl (C=O) groups is 1. The van der Waals surface area contributed by atoms with Crippen LogP contribution in [0, 0.1) is 0 Å². The highest BCUT2D eigenvalue weighted by molar-refractivity contribution is 8.14. The number of hydrogen-bond acceptors (Lipinski definition) is 3. The van der Waals surface area contributed by atoms with Gasteiger partial charge in [0.15, 0.2) is 0 Å². The summed E-state index contributed by atoms with van der Waals surface area (Å²) < 4.78 is 21.7. The van der Waals surface area contributed by atoms with E-state index >= 15 is 0 Å². The minimum absolute atomic E-state index is 0.449. The number of nitrogens with zero attached hydrogens (tertiary/aromatic N) is 1. The fourth-order valence-electron chi connectivity index (χ4n) is 1.26. The van der Waals surface area contributed by atoms with Crippen LogP contribution in [0.2, 0.25) is 0 Å². The number of carbonyl (C=O) groups excluding carboxylic acids is 1. The third kappa shape index (κ3) is 2.35. The van der Waals surface area contributed by atoms with E-state index in [1.165, 1.54) is 0 Å². The Hall–Kier alpha value is -0.290. The van der Waals surface area contributed by atoms with E-state index in [1.54, 1.807) is 4.90 Å². The molecule has 0 spiro atoms. The number of amides is 1. The van der Waals surface area contributed by atoms with E-state index in [2.05, 4.69) is 0 Å². The fraction of sp³-hybridized carbons (Fsp3) is 0.833. The van der Waals surface area contributed by atoms with Gasteiger partial charge in [-0.05, 0) is 12.8 Å². The van der Waals surface area contributed by atoms with Crippen LogP contribution in [0.25, 0.3) is 0 Å². The molecule has 0 N–H and O–H groups in total. The van der Waals surface area contributed by atoms with Crippen molar-refractivity contribution in [2.24, 2.45) is 0 Å². The lowest BCUT2D eigenvalue weighted by Gasteiger charge is -2.26. The smallest absolute Gasteiger partial charge is 0.235 e. The van der Waals surface area contributed by atoms with Crippen LogP contribution in [0.3, 0.4) is 0 Å². The second kappa shape index (κ2) is 3.62. The monoisotopic (exact) mass is 211 g/mol. The van der Waals surface area contributed by atoms with E-state index in [4.69, 9.17) is 10.7 Å². The quantitative estimate of drug-likeness (QED) is 0.484. The lowest BCUT2D eigenvalue weighted by Crippen LogP contribution is -2.37. The molecule has 0 aromatic rings. The molecule has 0 aromatic heterocycles. The van der Waals surface area contributed by atoms with Crippen LogP contribution in [0.5, 0.6) is 0 Å². The van der Waals surface area contributed by atoms with E-state index in [-0.39, 0.29) is 0 Å². The summed E-state index contributed by atoms with van der Waals surface area (Å²) in [5.41, 5.74) is 0. The third-order valence-electron chi connectivity index (χ3n) is 2.02.